The molecule has 0 bridgehead atoms. The monoisotopic (exact) mass is 530 g/mol. The van der Waals surface area contributed by atoms with Crippen molar-refractivity contribution in [2.45, 2.75) is 82.1 Å². The van der Waals surface area contributed by atoms with E-state index in [4.69, 9.17) is 4.74 Å². The summed E-state index contributed by atoms with van der Waals surface area (Å²) < 4.78 is 20.9. The lowest BCUT2D eigenvalue weighted by Gasteiger charge is -2.39. The predicted octanol–water partition coefficient (Wildman–Crippen LogP) is 7.29. The Bertz CT molecular complexity index is 1000. The van der Waals surface area contributed by atoms with Crippen LogP contribution in [0.25, 0.3) is 10.9 Å². The zero-order valence-electron chi connectivity index (χ0n) is 22.2. The van der Waals surface area contributed by atoms with Gasteiger partial charge in [0.25, 0.3) is 0 Å². The minimum absolute atomic E-state index is 0.195. The SMILES string of the molecule is COc1ccc2nccc(C(F)CC[C@@H]3CCN(CCCSC4CCCCC4)C[C@@H]3CCC(=O)O)c2c1. The van der Waals surface area contributed by atoms with Gasteiger partial charge in [-0.3, -0.25) is 9.78 Å². The Hall–Kier alpha value is -1.86. The van der Waals surface area contributed by atoms with E-state index in [1.807, 2.05) is 18.2 Å². The molecule has 37 heavy (non-hydrogen) atoms. The van der Waals surface area contributed by atoms with Crippen molar-refractivity contribution < 1.29 is 19.0 Å². The number of carbonyl (C=O) groups is 1. The lowest BCUT2D eigenvalue weighted by atomic mass is 9.79. The van der Waals surface area contributed by atoms with Gasteiger partial charge in [-0.25, -0.2) is 4.39 Å². The number of fused-ring (bicyclic) bond motifs is 1. The van der Waals surface area contributed by atoms with Crippen LogP contribution in [-0.4, -0.2) is 58.7 Å². The highest BCUT2D eigenvalue weighted by atomic mass is 32.2. The second kappa shape index (κ2) is 14.3. The number of likely N-dealkylation sites (tertiary alicyclic amines) is 1. The smallest absolute Gasteiger partial charge is 0.303 e. The second-order valence-corrected chi connectivity index (χ2v) is 12.3. The van der Waals surface area contributed by atoms with Crippen molar-refractivity contribution in [2.24, 2.45) is 11.8 Å². The first kappa shape index (κ1) is 28.2. The number of alkyl halides is 1. The van der Waals surface area contributed by atoms with E-state index in [1.165, 1.54) is 44.3 Å². The van der Waals surface area contributed by atoms with Crippen LogP contribution in [-0.2, 0) is 4.79 Å². The topological polar surface area (TPSA) is 62.7 Å². The van der Waals surface area contributed by atoms with E-state index in [2.05, 4.69) is 21.6 Å². The minimum atomic E-state index is -1.08. The van der Waals surface area contributed by atoms with Crippen LogP contribution in [0.2, 0.25) is 0 Å². The maximum atomic E-state index is 15.6. The van der Waals surface area contributed by atoms with Crippen molar-refractivity contribution >= 4 is 28.6 Å². The van der Waals surface area contributed by atoms with Gasteiger partial charge in [0.05, 0.1) is 12.6 Å². The molecule has 1 aromatic heterocycles. The molecule has 1 aliphatic heterocycles. The van der Waals surface area contributed by atoms with Crippen LogP contribution in [0.15, 0.2) is 30.5 Å². The van der Waals surface area contributed by atoms with E-state index >= 15 is 4.39 Å². The van der Waals surface area contributed by atoms with Gasteiger partial charge in [0, 0.05) is 29.8 Å². The number of thioether (sulfide) groups is 1. The summed E-state index contributed by atoms with van der Waals surface area (Å²) in [6, 6.07) is 7.37. The molecule has 2 aromatic rings. The molecule has 1 N–H and O–H groups in total. The number of hydrogen-bond acceptors (Lipinski definition) is 5. The Balaban J connectivity index is 1.30. The summed E-state index contributed by atoms with van der Waals surface area (Å²) in [6.07, 6.45) is 11.9. The maximum absolute atomic E-state index is 15.6. The summed E-state index contributed by atoms with van der Waals surface area (Å²) >= 11 is 2.16. The van der Waals surface area contributed by atoms with Crippen molar-refractivity contribution in [1.29, 1.82) is 0 Å². The third kappa shape index (κ3) is 8.31. The molecule has 4 rings (SSSR count). The number of aliphatic carboxylic acids is 1. The Labute approximate surface area is 225 Å². The number of ether oxygens (including phenoxy) is 1. The Morgan fingerprint density at radius 3 is 2.81 bits per heavy atom. The normalized spacial score (nSPS) is 22.2. The van der Waals surface area contributed by atoms with Crippen LogP contribution in [0, 0.1) is 11.8 Å². The maximum Gasteiger partial charge on any atom is 0.303 e. The fourth-order valence-corrected chi connectivity index (χ4v) is 7.50. The molecule has 1 unspecified atom stereocenters. The number of aromatic nitrogens is 1. The van der Waals surface area contributed by atoms with Gasteiger partial charge in [0.1, 0.15) is 11.9 Å². The van der Waals surface area contributed by atoms with Gasteiger partial charge in [-0.15, -0.1) is 0 Å². The first-order chi connectivity index (χ1) is 18.0. The van der Waals surface area contributed by atoms with Crippen LogP contribution >= 0.6 is 11.8 Å². The molecule has 2 fully saturated rings. The van der Waals surface area contributed by atoms with Gasteiger partial charge in [-0.05, 0) is 105 Å². The van der Waals surface area contributed by atoms with Crippen molar-refractivity contribution in [3.63, 3.8) is 0 Å². The molecule has 2 aliphatic rings. The summed E-state index contributed by atoms with van der Waals surface area (Å²) in [5.74, 6) is 1.87. The fraction of sp³-hybridized carbons (Fsp3) is 0.667. The first-order valence-corrected chi connectivity index (χ1v) is 15.2. The number of nitrogens with zero attached hydrogens (tertiary/aromatic N) is 2. The number of pyridine rings is 1. The van der Waals surface area contributed by atoms with E-state index in [9.17, 15) is 9.90 Å². The lowest BCUT2D eigenvalue weighted by molar-refractivity contribution is -0.137. The molecule has 1 saturated carbocycles. The van der Waals surface area contributed by atoms with Gasteiger partial charge >= 0.3 is 5.97 Å². The van der Waals surface area contributed by atoms with Gasteiger partial charge in [-0.1, -0.05) is 19.3 Å². The third-order valence-corrected chi connectivity index (χ3v) is 9.81. The third-order valence-electron chi connectivity index (χ3n) is 8.34. The number of carboxylic acid groups (broad SMARTS) is 1. The number of halogens is 1. The quantitative estimate of drug-likeness (QED) is 0.274. The average molecular weight is 531 g/mol. The van der Waals surface area contributed by atoms with Gasteiger partial charge in [-0.2, -0.15) is 11.8 Å². The van der Waals surface area contributed by atoms with Gasteiger partial charge < -0.3 is 14.7 Å². The molecular weight excluding hydrogens is 487 g/mol. The van der Waals surface area contributed by atoms with Gasteiger partial charge in [0.2, 0.25) is 0 Å². The van der Waals surface area contributed by atoms with E-state index in [-0.39, 0.29) is 6.42 Å². The molecule has 3 atom stereocenters. The van der Waals surface area contributed by atoms with Crippen LogP contribution in [0.5, 0.6) is 5.75 Å². The molecule has 0 amide bonds. The summed E-state index contributed by atoms with van der Waals surface area (Å²) in [6.45, 7) is 3.07. The Morgan fingerprint density at radius 1 is 1.19 bits per heavy atom. The number of methoxy groups -OCH3 is 1. The molecule has 204 valence electrons. The first-order valence-electron chi connectivity index (χ1n) is 14.2. The molecule has 7 heteroatoms. The molecule has 0 spiro atoms. The molecule has 5 nitrogen and oxygen atoms in total. The van der Waals surface area contributed by atoms with E-state index in [0.29, 0.717) is 36.0 Å². The molecule has 2 heterocycles. The van der Waals surface area contributed by atoms with Crippen molar-refractivity contribution in [3.05, 3.63) is 36.0 Å². The molecule has 1 saturated heterocycles. The number of piperidine rings is 1. The molecular formula is C30H43FN2O3S. The molecule has 1 aliphatic carbocycles. The fourth-order valence-electron chi connectivity index (χ4n) is 6.21. The second-order valence-electron chi connectivity index (χ2n) is 10.9. The Morgan fingerprint density at radius 2 is 2.03 bits per heavy atom. The van der Waals surface area contributed by atoms with E-state index in [1.54, 1.807) is 19.4 Å². The van der Waals surface area contributed by atoms with Crippen molar-refractivity contribution in [1.82, 2.24) is 9.88 Å². The van der Waals surface area contributed by atoms with E-state index < -0.39 is 12.1 Å². The molecule has 1 aromatic carbocycles. The van der Waals surface area contributed by atoms with Crippen LogP contribution < -0.4 is 4.74 Å². The minimum Gasteiger partial charge on any atom is -0.497 e. The number of rotatable bonds is 13. The van der Waals surface area contributed by atoms with Crippen LogP contribution in [0.3, 0.4) is 0 Å². The zero-order chi connectivity index (χ0) is 26.0. The molecule has 0 radical (unpaired) electrons. The van der Waals surface area contributed by atoms with Gasteiger partial charge in [0.15, 0.2) is 0 Å². The number of hydrogen-bond donors (Lipinski definition) is 1. The lowest BCUT2D eigenvalue weighted by Crippen LogP contribution is -2.41. The largest absolute Gasteiger partial charge is 0.497 e. The number of benzene rings is 1. The Kier molecular flexibility index (Phi) is 10.9. The highest BCUT2D eigenvalue weighted by Gasteiger charge is 2.30. The highest BCUT2D eigenvalue weighted by Crippen LogP contribution is 2.37. The van der Waals surface area contributed by atoms with E-state index in [0.717, 1.165) is 48.6 Å². The van der Waals surface area contributed by atoms with Crippen molar-refractivity contribution in [3.8, 4) is 5.75 Å². The van der Waals surface area contributed by atoms with Crippen LogP contribution in [0.4, 0.5) is 4.39 Å². The summed E-state index contributed by atoms with van der Waals surface area (Å²) in [7, 11) is 1.61. The predicted molar refractivity (Wildman–Crippen MR) is 150 cm³/mol. The van der Waals surface area contributed by atoms with Crippen molar-refractivity contribution in [2.75, 3.05) is 32.5 Å². The number of carboxylic acids is 1. The average Bonchev–Trinajstić information content (AvgIpc) is 2.93. The standard InChI is InChI=1S/C30H43FN2O3S/c1-36-24-10-12-29-27(20-24)26(14-16-32-29)28(31)11-8-22-15-18-33(21-23(22)9-13-30(34)35)17-5-19-37-25-6-3-2-4-7-25/h10,12,14,16,20,22-23,25,28H,2-9,11,13,15,17-19,21H2,1H3,(H,34,35)/t22-,23+,28?/m1/s1. The highest BCUT2D eigenvalue weighted by molar-refractivity contribution is 7.99. The summed E-state index contributed by atoms with van der Waals surface area (Å²) in [5, 5.41) is 11.0. The van der Waals surface area contributed by atoms with Crippen LogP contribution in [0.1, 0.15) is 82.4 Å². The summed E-state index contributed by atoms with van der Waals surface area (Å²) in [5.41, 5.74) is 1.44. The zero-order valence-corrected chi connectivity index (χ0v) is 23.1. The summed E-state index contributed by atoms with van der Waals surface area (Å²) in [4.78, 5) is 18.2.